The van der Waals surface area contributed by atoms with E-state index in [9.17, 15) is 9.59 Å². The van der Waals surface area contributed by atoms with E-state index in [1.54, 1.807) is 0 Å². The molecule has 2 aliphatic heterocycles. The summed E-state index contributed by atoms with van der Waals surface area (Å²) in [5.74, 6) is 0.432. The second-order valence-corrected chi connectivity index (χ2v) is 7.75. The number of likely N-dealkylation sites (tertiary alicyclic amines) is 1. The first-order valence-corrected chi connectivity index (χ1v) is 9.88. The van der Waals surface area contributed by atoms with Gasteiger partial charge in [-0.05, 0) is 38.7 Å². The molecule has 3 rings (SSSR count). The van der Waals surface area contributed by atoms with E-state index in [1.807, 2.05) is 34.1 Å². The number of hydrogen-bond acceptors (Lipinski definition) is 3. The highest BCUT2D eigenvalue weighted by atomic mass is 16.2. The summed E-state index contributed by atoms with van der Waals surface area (Å²) in [6.45, 7) is 8.59. The van der Waals surface area contributed by atoms with Crippen LogP contribution >= 0.6 is 0 Å². The highest BCUT2D eigenvalue weighted by Crippen LogP contribution is 2.17. The SMILES string of the molecule is Cc1ccc(CC(=O)N2CCN(CC(=O)N3CCCCC3C)CC2)cc1. The molecule has 0 spiro atoms. The summed E-state index contributed by atoms with van der Waals surface area (Å²) in [5, 5.41) is 0. The minimum absolute atomic E-state index is 0.185. The largest absolute Gasteiger partial charge is 0.340 e. The summed E-state index contributed by atoms with van der Waals surface area (Å²) in [6, 6.07) is 8.53. The Kier molecular flexibility index (Phi) is 6.30. The average molecular weight is 357 g/mol. The fraction of sp³-hybridized carbons (Fsp3) is 0.619. The summed E-state index contributed by atoms with van der Waals surface area (Å²) >= 11 is 0. The molecule has 5 heteroatoms. The number of rotatable bonds is 4. The maximum absolute atomic E-state index is 12.6. The van der Waals surface area contributed by atoms with Crippen LogP contribution in [0.5, 0.6) is 0 Å². The second kappa shape index (κ2) is 8.67. The van der Waals surface area contributed by atoms with Gasteiger partial charge in [-0.15, -0.1) is 0 Å². The zero-order chi connectivity index (χ0) is 18.5. The van der Waals surface area contributed by atoms with Crippen molar-refractivity contribution in [3.63, 3.8) is 0 Å². The lowest BCUT2D eigenvalue weighted by atomic mass is 10.0. The lowest BCUT2D eigenvalue weighted by Gasteiger charge is -2.38. The first-order valence-electron chi connectivity index (χ1n) is 9.88. The zero-order valence-corrected chi connectivity index (χ0v) is 16.1. The Bertz CT molecular complexity index is 621. The summed E-state index contributed by atoms with van der Waals surface area (Å²) in [6.07, 6.45) is 3.93. The number of piperazine rings is 1. The van der Waals surface area contributed by atoms with Crippen LogP contribution in [0.3, 0.4) is 0 Å². The fourth-order valence-corrected chi connectivity index (χ4v) is 3.90. The van der Waals surface area contributed by atoms with Gasteiger partial charge in [0.15, 0.2) is 0 Å². The highest BCUT2D eigenvalue weighted by molar-refractivity contribution is 5.80. The monoisotopic (exact) mass is 357 g/mol. The lowest BCUT2D eigenvalue weighted by molar-refractivity contribution is -0.137. The van der Waals surface area contributed by atoms with Crippen molar-refractivity contribution in [2.45, 2.75) is 45.6 Å². The molecule has 0 radical (unpaired) electrons. The summed E-state index contributed by atoms with van der Waals surface area (Å²) in [7, 11) is 0. The maximum Gasteiger partial charge on any atom is 0.236 e. The number of piperidine rings is 1. The van der Waals surface area contributed by atoms with Gasteiger partial charge >= 0.3 is 0 Å². The second-order valence-electron chi connectivity index (χ2n) is 7.75. The predicted molar refractivity (Wildman–Crippen MR) is 103 cm³/mol. The van der Waals surface area contributed by atoms with Crippen molar-refractivity contribution in [3.8, 4) is 0 Å². The Morgan fingerprint density at radius 2 is 1.65 bits per heavy atom. The fourth-order valence-electron chi connectivity index (χ4n) is 3.90. The molecule has 0 aliphatic carbocycles. The molecule has 142 valence electrons. The number of benzene rings is 1. The van der Waals surface area contributed by atoms with Gasteiger partial charge in [0.25, 0.3) is 0 Å². The third-order valence-electron chi connectivity index (χ3n) is 5.68. The van der Waals surface area contributed by atoms with Crippen LogP contribution < -0.4 is 0 Å². The Morgan fingerprint density at radius 3 is 2.31 bits per heavy atom. The van der Waals surface area contributed by atoms with Gasteiger partial charge in [0.05, 0.1) is 13.0 Å². The molecule has 0 bridgehead atoms. The molecule has 0 saturated carbocycles. The van der Waals surface area contributed by atoms with Crippen LogP contribution in [0.2, 0.25) is 0 Å². The van der Waals surface area contributed by atoms with Gasteiger partial charge in [0, 0.05) is 38.8 Å². The number of carbonyl (C=O) groups excluding carboxylic acids is 2. The molecule has 1 atom stereocenters. The summed E-state index contributed by atoms with van der Waals surface area (Å²) < 4.78 is 0. The normalized spacial score (nSPS) is 21.7. The molecule has 2 saturated heterocycles. The van der Waals surface area contributed by atoms with E-state index < -0.39 is 0 Å². The van der Waals surface area contributed by atoms with Crippen LogP contribution in [0.1, 0.15) is 37.3 Å². The zero-order valence-electron chi connectivity index (χ0n) is 16.1. The molecule has 1 unspecified atom stereocenters. The van der Waals surface area contributed by atoms with Crippen LogP contribution in [-0.2, 0) is 16.0 Å². The summed E-state index contributed by atoms with van der Waals surface area (Å²) in [5.41, 5.74) is 2.28. The number of amides is 2. The third kappa shape index (κ3) is 4.85. The van der Waals surface area contributed by atoms with E-state index in [2.05, 4.69) is 18.7 Å². The van der Waals surface area contributed by atoms with E-state index in [-0.39, 0.29) is 11.8 Å². The predicted octanol–water partition coefficient (Wildman–Crippen LogP) is 2.08. The molecular formula is C21H31N3O2. The molecule has 26 heavy (non-hydrogen) atoms. The smallest absolute Gasteiger partial charge is 0.236 e. The Morgan fingerprint density at radius 1 is 0.962 bits per heavy atom. The van der Waals surface area contributed by atoms with Crippen molar-refractivity contribution < 1.29 is 9.59 Å². The van der Waals surface area contributed by atoms with Crippen LogP contribution in [0.4, 0.5) is 0 Å². The standard InChI is InChI=1S/C21H31N3O2/c1-17-6-8-19(9-7-17)15-20(25)23-13-11-22(12-14-23)16-21(26)24-10-4-3-5-18(24)2/h6-9,18H,3-5,10-16H2,1-2H3. The number of aryl methyl sites for hydroxylation is 1. The number of nitrogens with zero attached hydrogens (tertiary/aromatic N) is 3. The Hall–Kier alpha value is -1.88. The molecule has 5 nitrogen and oxygen atoms in total. The van der Waals surface area contributed by atoms with Gasteiger partial charge in [0.1, 0.15) is 0 Å². The highest BCUT2D eigenvalue weighted by Gasteiger charge is 2.27. The molecule has 1 aromatic carbocycles. The molecule has 2 amide bonds. The molecule has 0 N–H and O–H groups in total. The molecule has 2 aliphatic rings. The Balaban J connectivity index is 1.44. The van der Waals surface area contributed by atoms with Crippen LogP contribution in [-0.4, -0.2) is 71.8 Å². The van der Waals surface area contributed by atoms with Crippen LogP contribution in [0.15, 0.2) is 24.3 Å². The van der Waals surface area contributed by atoms with Crippen molar-refractivity contribution in [1.82, 2.24) is 14.7 Å². The van der Waals surface area contributed by atoms with Crippen molar-refractivity contribution >= 4 is 11.8 Å². The van der Waals surface area contributed by atoms with Gasteiger partial charge in [-0.1, -0.05) is 29.8 Å². The van der Waals surface area contributed by atoms with Crippen molar-refractivity contribution in [3.05, 3.63) is 35.4 Å². The van der Waals surface area contributed by atoms with Gasteiger partial charge in [-0.3, -0.25) is 14.5 Å². The van der Waals surface area contributed by atoms with Gasteiger partial charge < -0.3 is 9.80 Å². The van der Waals surface area contributed by atoms with E-state index in [0.29, 0.717) is 32.1 Å². The Labute approximate surface area is 156 Å². The third-order valence-corrected chi connectivity index (χ3v) is 5.68. The minimum Gasteiger partial charge on any atom is -0.340 e. The molecule has 1 aromatic rings. The maximum atomic E-state index is 12.6. The first kappa shape index (κ1) is 18.9. The van der Waals surface area contributed by atoms with E-state index in [4.69, 9.17) is 0 Å². The van der Waals surface area contributed by atoms with E-state index in [1.165, 1.54) is 12.0 Å². The average Bonchev–Trinajstić information content (AvgIpc) is 2.64. The first-order chi connectivity index (χ1) is 12.5. The van der Waals surface area contributed by atoms with E-state index >= 15 is 0 Å². The van der Waals surface area contributed by atoms with Crippen molar-refractivity contribution in [2.75, 3.05) is 39.3 Å². The van der Waals surface area contributed by atoms with E-state index in [0.717, 1.165) is 38.0 Å². The van der Waals surface area contributed by atoms with Crippen molar-refractivity contribution in [2.24, 2.45) is 0 Å². The number of hydrogen-bond donors (Lipinski definition) is 0. The number of carbonyl (C=O) groups is 2. The van der Waals surface area contributed by atoms with Crippen LogP contribution in [0, 0.1) is 6.92 Å². The molecule has 2 heterocycles. The van der Waals surface area contributed by atoms with Crippen LogP contribution in [0.25, 0.3) is 0 Å². The molecule has 2 fully saturated rings. The molecular weight excluding hydrogens is 326 g/mol. The summed E-state index contributed by atoms with van der Waals surface area (Å²) in [4.78, 5) is 31.2. The quantitative estimate of drug-likeness (QED) is 0.829. The van der Waals surface area contributed by atoms with Gasteiger partial charge in [0.2, 0.25) is 11.8 Å². The van der Waals surface area contributed by atoms with Gasteiger partial charge in [-0.25, -0.2) is 0 Å². The molecule has 0 aromatic heterocycles. The lowest BCUT2D eigenvalue weighted by Crippen LogP contribution is -2.53. The van der Waals surface area contributed by atoms with Crippen molar-refractivity contribution in [1.29, 1.82) is 0 Å². The topological polar surface area (TPSA) is 43.9 Å². The minimum atomic E-state index is 0.185. The van der Waals surface area contributed by atoms with Gasteiger partial charge in [-0.2, -0.15) is 0 Å².